The molecule has 0 bridgehead atoms. The van der Waals surface area contributed by atoms with E-state index in [4.69, 9.17) is 11.6 Å². The zero-order valence-electron chi connectivity index (χ0n) is 11.2. The molecule has 1 aliphatic rings. The van der Waals surface area contributed by atoms with Gasteiger partial charge in [-0.3, -0.25) is 9.58 Å². The van der Waals surface area contributed by atoms with Crippen molar-refractivity contribution in [3.63, 3.8) is 0 Å². The summed E-state index contributed by atoms with van der Waals surface area (Å²) < 4.78 is 1.77. The van der Waals surface area contributed by atoms with Gasteiger partial charge in [0.15, 0.2) is 0 Å². The summed E-state index contributed by atoms with van der Waals surface area (Å²) in [6.45, 7) is 10.0. The molecule has 1 fully saturated rings. The molecule has 3 nitrogen and oxygen atoms in total. The number of nitrogens with zero attached hydrogens (tertiary/aromatic N) is 3. The fraction of sp³-hybridized carbons (Fsp3) is 0.769. The van der Waals surface area contributed by atoms with E-state index in [1.165, 1.54) is 25.1 Å². The lowest BCUT2D eigenvalue weighted by Crippen LogP contribution is -2.21. The van der Waals surface area contributed by atoms with Gasteiger partial charge >= 0.3 is 0 Å². The van der Waals surface area contributed by atoms with E-state index in [-0.39, 0.29) is 0 Å². The molecule has 2 rings (SSSR count). The van der Waals surface area contributed by atoms with Gasteiger partial charge in [-0.05, 0) is 31.7 Å². The maximum Gasteiger partial charge on any atom is 0.131 e. The number of hydrogen-bond donors (Lipinski definition) is 0. The Hall–Kier alpha value is -0.540. The SMILES string of the molecule is Cc1nn(C)c(Cl)c1CN1CCC(C(C)C)C1. The summed E-state index contributed by atoms with van der Waals surface area (Å²) in [5.41, 5.74) is 2.25. The smallest absolute Gasteiger partial charge is 0.131 e. The van der Waals surface area contributed by atoms with E-state index < -0.39 is 0 Å². The van der Waals surface area contributed by atoms with Crippen LogP contribution in [-0.2, 0) is 13.6 Å². The minimum absolute atomic E-state index is 0.783. The van der Waals surface area contributed by atoms with Crippen molar-refractivity contribution in [1.29, 1.82) is 0 Å². The van der Waals surface area contributed by atoms with Gasteiger partial charge in [-0.15, -0.1) is 0 Å². The lowest BCUT2D eigenvalue weighted by atomic mass is 9.95. The molecule has 0 radical (unpaired) electrons. The molecule has 1 unspecified atom stereocenters. The molecule has 0 N–H and O–H groups in total. The third-order valence-corrected chi connectivity index (χ3v) is 4.38. The summed E-state index contributed by atoms with van der Waals surface area (Å²) in [7, 11) is 1.90. The first-order valence-electron chi connectivity index (χ1n) is 6.39. The molecule has 1 aromatic rings. The Morgan fingerprint density at radius 1 is 1.47 bits per heavy atom. The molecule has 1 aliphatic heterocycles. The van der Waals surface area contributed by atoms with E-state index in [0.717, 1.165) is 29.2 Å². The maximum absolute atomic E-state index is 6.27. The Balaban J connectivity index is 2.03. The third-order valence-electron chi connectivity index (χ3n) is 3.90. The van der Waals surface area contributed by atoms with Crippen LogP contribution in [0.5, 0.6) is 0 Å². The van der Waals surface area contributed by atoms with Crippen LogP contribution < -0.4 is 0 Å². The van der Waals surface area contributed by atoms with Crippen LogP contribution >= 0.6 is 11.6 Å². The average Bonchev–Trinajstić information content (AvgIpc) is 2.80. The van der Waals surface area contributed by atoms with Crippen LogP contribution in [0.15, 0.2) is 0 Å². The summed E-state index contributed by atoms with van der Waals surface area (Å²) in [5.74, 6) is 1.62. The molecular weight excluding hydrogens is 234 g/mol. The predicted octanol–water partition coefficient (Wildman–Crippen LogP) is 2.86. The van der Waals surface area contributed by atoms with Crippen LogP contribution in [0.4, 0.5) is 0 Å². The van der Waals surface area contributed by atoms with Gasteiger partial charge in [0.2, 0.25) is 0 Å². The summed E-state index contributed by atoms with van der Waals surface area (Å²) in [6, 6.07) is 0. The van der Waals surface area contributed by atoms with Crippen LogP contribution in [-0.4, -0.2) is 27.8 Å². The Bertz CT molecular complexity index is 398. The molecule has 0 aliphatic carbocycles. The van der Waals surface area contributed by atoms with E-state index in [1.807, 2.05) is 14.0 Å². The number of rotatable bonds is 3. The highest BCUT2D eigenvalue weighted by Crippen LogP contribution is 2.27. The standard InChI is InChI=1S/C13H22ClN3/c1-9(2)11-5-6-17(7-11)8-12-10(3)15-16(4)13(12)14/h9,11H,5-8H2,1-4H3. The van der Waals surface area contributed by atoms with Crippen molar-refractivity contribution in [2.24, 2.45) is 18.9 Å². The second-order valence-corrected chi connectivity index (χ2v) is 5.86. The van der Waals surface area contributed by atoms with Crippen molar-refractivity contribution in [2.75, 3.05) is 13.1 Å². The normalized spacial score (nSPS) is 21.6. The molecule has 96 valence electrons. The minimum Gasteiger partial charge on any atom is -0.299 e. The Kier molecular flexibility index (Phi) is 3.79. The van der Waals surface area contributed by atoms with Crippen molar-refractivity contribution in [3.05, 3.63) is 16.4 Å². The fourth-order valence-corrected chi connectivity index (χ4v) is 2.86. The van der Waals surface area contributed by atoms with E-state index in [9.17, 15) is 0 Å². The topological polar surface area (TPSA) is 21.1 Å². The highest BCUT2D eigenvalue weighted by atomic mass is 35.5. The van der Waals surface area contributed by atoms with Gasteiger partial charge in [-0.25, -0.2) is 0 Å². The summed E-state index contributed by atoms with van der Waals surface area (Å²) in [6.07, 6.45) is 1.31. The molecule has 2 heterocycles. The predicted molar refractivity (Wildman–Crippen MR) is 71.2 cm³/mol. The van der Waals surface area contributed by atoms with Gasteiger partial charge in [0.25, 0.3) is 0 Å². The van der Waals surface area contributed by atoms with Crippen LogP contribution in [0.1, 0.15) is 31.5 Å². The van der Waals surface area contributed by atoms with Gasteiger partial charge in [-0.2, -0.15) is 5.10 Å². The van der Waals surface area contributed by atoms with Crippen LogP contribution in [0.2, 0.25) is 5.15 Å². The first-order valence-corrected chi connectivity index (χ1v) is 6.77. The van der Waals surface area contributed by atoms with Gasteiger partial charge in [0, 0.05) is 25.7 Å². The minimum atomic E-state index is 0.783. The largest absolute Gasteiger partial charge is 0.299 e. The van der Waals surface area contributed by atoms with Gasteiger partial charge in [0.1, 0.15) is 5.15 Å². The van der Waals surface area contributed by atoms with Crippen LogP contribution in [0.25, 0.3) is 0 Å². The fourth-order valence-electron chi connectivity index (χ4n) is 2.63. The Morgan fingerprint density at radius 3 is 2.65 bits per heavy atom. The zero-order chi connectivity index (χ0) is 12.6. The molecule has 4 heteroatoms. The summed E-state index contributed by atoms with van der Waals surface area (Å²) in [5, 5.41) is 5.15. The van der Waals surface area contributed by atoms with E-state index >= 15 is 0 Å². The molecule has 0 amide bonds. The second kappa shape index (κ2) is 4.99. The van der Waals surface area contributed by atoms with Crippen molar-refractivity contribution in [2.45, 2.75) is 33.7 Å². The highest BCUT2D eigenvalue weighted by molar-refractivity contribution is 6.30. The summed E-state index contributed by atoms with van der Waals surface area (Å²) in [4.78, 5) is 2.50. The molecule has 0 saturated carbocycles. The zero-order valence-corrected chi connectivity index (χ0v) is 12.0. The average molecular weight is 256 g/mol. The van der Waals surface area contributed by atoms with Crippen LogP contribution in [0, 0.1) is 18.8 Å². The van der Waals surface area contributed by atoms with E-state index in [2.05, 4.69) is 23.8 Å². The number of likely N-dealkylation sites (tertiary alicyclic amines) is 1. The third kappa shape index (κ3) is 2.66. The molecule has 0 spiro atoms. The van der Waals surface area contributed by atoms with Crippen molar-refractivity contribution in [3.8, 4) is 0 Å². The van der Waals surface area contributed by atoms with Crippen LogP contribution in [0.3, 0.4) is 0 Å². The van der Waals surface area contributed by atoms with E-state index in [1.54, 1.807) is 4.68 Å². The van der Waals surface area contributed by atoms with Crippen molar-refractivity contribution >= 4 is 11.6 Å². The quantitative estimate of drug-likeness (QED) is 0.828. The lowest BCUT2D eigenvalue weighted by Gasteiger charge is -2.17. The van der Waals surface area contributed by atoms with Gasteiger partial charge in [0.05, 0.1) is 5.69 Å². The summed E-state index contributed by atoms with van der Waals surface area (Å²) >= 11 is 6.27. The number of hydrogen-bond acceptors (Lipinski definition) is 2. The molecule has 0 aromatic carbocycles. The van der Waals surface area contributed by atoms with Crippen molar-refractivity contribution in [1.82, 2.24) is 14.7 Å². The molecule has 17 heavy (non-hydrogen) atoms. The Labute approximate surface area is 109 Å². The Morgan fingerprint density at radius 2 is 2.18 bits per heavy atom. The first-order chi connectivity index (χ1) is 7.99. The monoisotopic (exact) mass is 255 g/mol. The molecular formula is C13H22ClN3. The number of halogens is 1. The molecule has 1 aromatic heterocycles. The second-order valence-electron chi connectivity index (χ2n) is 5.51. The van der Waals surface area contributed by atoms with E-state index in [0.29, 0.717) is 0 Å². The van der Waals surface area contributed by atoms with Gasteiger partial charge in [-0.1, -0.05) is 25.4 Å². The number of aryl methyl sites for hydroxylation is 2. The lowest BCUT2D eigenvalue weighted by molar-refractivity contribution is 0.296. The highest BCUT2D eigenvalue weighted by Gasteiger charge is 2.26. The molecule has 1 saturated heterocycles. The molecule has 1 atom stereocenters. The van der Waals surface area contributed by atoms with Gasteiger partial charge < -0.3 is 0 Å². The first kappa shape index (κ1) is 12.9. The maximum atomic E-state index is 6.27. The number of aromatic nitrogens is 2. The van der Waals surface area contributed by atoms with Crippen molar-refractivity contribution < 1.29 is 0 Å².